The van der Waals surface area contributed by atoms with E-state index < -0.39 is 0 Å². The maximum absolute atomic E-state index is 12.2. The largest absolute Gasteiger partial charge is 0.497 e. The van der Waals surface area contributed by atoms with Crippen LogP contribution in [0.15, 0.2) is 47.6 Å². The molecular formula is C25H31N3O2. The van der Waals surface area contributed by atoms with Crippen LogP contribution in [0.5, 0.6) is 5.75 Å². The van der Waals surface area contributed by atoms with Gasteiger partial charge in [-0.15, -0.1) is 0 Å². The number of carbonyl (C=O) groups is 1. The topological polar surface area (TPSA) is 53.9 Å². The summed E-state index contributed by atoms with van der Waals surface area (Å²) in [5.41, 5.74) is 9.40. The standard InChI is InChI=1S/C25H31N3O2/c1-7-28-23-12-17(2)20(14-22(23)18(3)15-25(28,4)5)16-26-27-24(29)13-19-8-10-21(30-6)11-9-19/h8-12,14-16H,7,13H2,1-6H3,(H,27,29)/b26-16+. The predicted octanol–water partition coefficient (Wildman–Crippen LogP) is 4.72. The number of aryl methyl sites for hydroxylation is 1. The van der Waals surface area contributed by atoms with E-state index in [4.69, 9.17) is 4.74 Å². The number of carbonyl (C=O) groups excluding carboxylic acids is 1. The molecule has 5 nitrogen and oxygen atoms in total. The van der Waals surface area contributed by atoms with Crippen molar-refractivity contribution in [1.82, 2.24) is 5.43 Å². The van der Waals surface area contributed by atoms with E-state index in [1.807, 2.05) is 24.3 Å². The molecule has 0 saturated carbocycles. The maximum Gasteiger partial charge on any atom is 0.244 e. The summed E-state index contributed by atoms with van der Waals surface area (Å²) in [6.07, 6.45) is 4.31. The SMILES string of the molecule is CCN1c2cc(C)c(/C=N/NC(=O)Cc3ccc(OC)cc3)cc2C(C)=CC1(C)C. The summed E-state index contributed by atoms with van der Waals surface area (Å²) in [7, 11) is 1.62. The minimum atomic E-state index is -0.151. The van der Waals surface area contributed by atoms with Crippen LogP contribution in [0, 0.1) is 6.92 Å². The molecule has 0 spiro atoms. The Hall–Kier alpha value is -3.08. The molecule has 0 atom stereocenters. The smallest absolute Gasteiger partial charge is 0.244 e. The van der Waals surface area contributed by atoms with Crippen molar-refractivity contribution >= 4 is 23.4 Å². The third-order valence-corrected chi connectivity index (χ3v) is 5.60. The second kappa shape index (κ2) is 8.74. The third-order valence-electron chi connectivity index (χ3n) is 5.60. The molecular weight excluding hydrogens is 374 g/mol. The fraction of sp³-hybridized carbons (Fsp3) is 0.360. The van der Waals surface area contributed by atoms with E-state index in [0.717, 1.165) is 29.0 Å². The lowest BCUT2D eigenvalue weighted by Gasteiger charge is -2.43. The molecule has 158 valence electrons. The Labute approximate surface area is 179 Å². The highest BCUT2D eigenvalue weighted by atomic mass is 16.5. The predicted molar refractivity (Wildman–Crippen MR) is 124 cm³/mol. The van der Waals surface area contributed by atoms with Gasteiger partial charge in [0.05, 0.1) is 25.3 Å². The van der Waals surface area contributed by atoms with Crippen molar-refractivity contribution in [3.8, 4) is 5.75 Å². The van der Waals surface area contributed by atoms with E-state index in [1.54, 1.807) is 13.3 Å². The molecule has 0 unspecified atom stereocenters. The van der Waals surface area contributed by atoms with Gasteiger partial charge >= 0.3 is 0 Å². The van der Waals surface area contributed by atoms with Crippen LogP contribution in [0.4, 0.5) is 5.69 Å². The molecule has 2 aromatic rings. The Morgan fingerprint density at radius 1 is 1.20 bits per heavy atom. The number of allylic oxidation sites excluding steroid dienone is 1. The average Bonchev–Trinajstić information content (AvgIpc) is 2.69. The fourth-order valence-corrected chi connectivity index (χ4v) is 4.10. The molecule has 1 heterocycles. The van der Waals surface area contributed by atoms with E-state index in [1.165, 1.54) is 16.8 Å². The first-order valence-corrected chi connectivity index (χ1v) is 10.3. The van der Waals surface area contributed by atoms with E-state index in [-0.39, 0.29) is 17.9 Å². The van der Waals surface area contributed by atoms with Gasteiger partial charge in [-0.25, -0.2) is 5.43 Å². The number of nitrogens with one attached hydrogen (secondary N) is 1. The summed E-state index contributed by atoms with van der Waals surface area (Å²) in [4.78, 5) is 14.6. The van der Waals surface area contributed by atoms with Crippen LogP contribution in [-0.2, 0) is 11.2 Å². The van der Waals surface area contributed by atoms with Gasteiger partial charge in [0.15, 0.2) is 0 Å². The van der Waals surface area contributed by atoms with Crippen molar-refractivity contribution < 1.29 is 9.53 Å². The lowest BCUT2D eigenvalue weighted by Crippen LogP contribution is -2.45. The summed E-state index contributed by atoms with van der Waals surface area (Å²) in [5, 5.41) is 4.19. The number of benzene rings is 2. The summed E-state index contributed by atoms with van der Waals surface area (Å²) in [5.74, 6) is 0.622. The molecule has 0 fully saturated rings. The Kier molecular flexibility index (Phi) is 6.30. The van der Waals surface area contributed by atoms with E-state index in [9.17, 15) is 4.79 Å². The molecule has 1 aliphatic heterocycles. The minimum Gasteiger partial charge on any atom is -0.497 e. The quantitative estimate of drug-likeness (QED) is 0.559. The molecule has 30 heavy (non-hydrogen) atoms. The van der Waals surface area contributed by atoms with Crippen molar-refractivity contribution in [3.05, 3.63) is 64.7 Å². The van der Waals surface area contributed by atoms with Crippen LogP contribution < -0.4 is 15.1 Å². The van der Waals surface area contributed by atoms with Crippen LogP contribution in [0.2, 0.25) is 0 Å². The molecule has 0 aliphatic carbocycles. The number of fused-ring (bicyclic) bond motifs is 1. The number of methoxy groups -OCH3 is 1. The Morgan fingerprint density at radius 2 is 1.90 bits per heavy atom. The zero-order chi connectivity index (χ0) is 21.9. The molecule has 0 radical (unpaired) electrons. The van der Waals surface area contributed by atoms with Gasteiger partial charge in [-0.2, -0.15) is 5.10 Å². The van der Waals surface area contributed by atoms with Gasteiger partial charge in [-0.05, 0) is 81.1 Å². The fourth-order valence-electron chi connectivity index (χ4n) is 4.10. The highest BCUT2D eigenvalue weighted by Crippen LogP contribution is 2.39. The zero-order valence-corrected chi connectivity index (χ0v) is 18.7. The molecule has 0 saturated heterocycles. The first-order chi connectivity index (χ1) is 14.2. The van der Waals surface area contributed by atoms with Gasteiger partial charge in [0.25, 0.3) is 0 Å². The second-order valence-electron chi connectivity index (χ2n) is 8.27. The number of likely N-dealkylation sites (N-methyl/N-ethyl adjacent to an activating group) is 1. The Morgan fingerprint density at radius 3 is 2.53 bits per heavy atom. The van der Waals surface area contributed by atoms with Crippen molar-refractivity contribution in [3.63, 3.8) is 0 Å². The van der Waals surface area contributed by atoms with Gasteiger partial charge < -0.3 is 9.64 Å². The zero-order valence-electron chi connectivity index (χ0n) is 18.7. The monoisotopic (exact) mass is 405 g/mol. The van der Waals surface area contributed by atoms with E-state index in [0.29, 0.717) is 0 Å². The van der Waals surface area contributed by atoms with Crippen LogP contribution >= 0.6 is 0 Å². The lowest BCUT2D eigenvalue weighted by atomic mass is 9.87. The minimum absolute atomic E-state index is 0.0106. The van der Waals surface area contributed by atoms with Crippen molar-refractivity contribution in [2.75, 3.05) is 18.6 Å². The van der Waals surface area contributed by atoms with Gasteiger partial charge in [-0.3, -0.25) is 4.79 Å². The summed E-state index contributed by atoms with van der Waals surface area (Å²) in [6.45, 7) is 11.8. The third kappa shape index (κ3) is 4.56. The van der Waals surface area contributed by atoms with E-state index >= 15 is 0 Å². The molecule has 2 aromatic carbocycles. The van der Waals surface area contributed by atoms with Gasteiger partial charge in [0.1, 0.15) is 5.75 Å². The molecule has 0 aromatic heterocycles. The van der Waals surface area contributed by atoms with Crippen LogP contribution in [0.3, 0.4) is 0 Å². The van der Waals surface area contributed by atoms with Gasteiger partial charge in [0.2, 0.25) is 5.91 Å². The summed E-state index contributed by atoms with van der Waals surface area (Å²) >= 11 is 0. The number of rotatable bonds is 6. The summed E-state index contributed by atoms with van der Waals surface area (Å²) in [6, 6.07) is 11.8. The number of amides is 1. The van der Waals surface area contributed by atoms with Crippen LogP contribution in [0.1, 0.15) is 49.9 Å². The summed E-state index contributed by atoms with van der Waals surface area (Å²) < 4.78 is 5.14. The molecule has 1 amide bonds. The van der Waals surface area contributed by atoms with Crippen LogP contribution in [-0.4, -0.2) is 31.3 Å². The maximum atomic E-state index is 12.2. The highest BCUT2D eigenvalue weighted by molar-refractivity contribution is 5.90. The number of hydrazone groups is 1. The van der Waals surface area contributed by atoms with E-state index in [2.05, 4.69) is 68.3 Å². The average molecular weight is 406 g/mol. The Bertz CT molecular complexity index is 988. The molecule has 5 heteroatoms. The van der Waals surface area contributed by atoms with Crippen molar-refractivity contribution in [2.45, 2.75) is 46.6 Å². The van der Waals surface area contributed by atoms with Crippen LogP contribution in [0.25, 0.3) is 5.57 Å². The normalized spacial score (nSPS) is 15.0. The number of hydrogen-bond acceptors (Lipinski definition) is 4. The second-order valence-corrected chi connectivity index (χ2v) is 8.27. The van der Waals surface area contributed by atoms with Gasteiger partial charge in [-0.1, -0.05) is 18.2 Å². The first-order valence-electron chi connectivity index (χ1n) is 10.3. The number of anilines is 1. The molecule has 1 aliphatic rings. The Balaban J connectivity index is 1.73. The number of nitrogens with zero attached hydrogens (tertiary/aromatic N) is 2. The molecule has 0 bridgehead atoms. The van der Waals surface area contributed by atoms with Crippen molar-refractivity contribution in [1.29, 1.82) is 0 Å². The van der Waals surface area contributed by atoms with Gasteiger partial charge in [0, 0.05) is 17.8 Å². The number of hydrogen-bond donors (Lipinski definition) is 1. The lowest BCUT2D eigenvalue weighted by molar-refractivity contribution is -0.120. The van der Waals surface area contributed by atoms with Crippen molar-refractivity contribution in [2.24, 2.45) is 5.10 Å². The molecule has 1 N–H and O–H groups in total. The highest BCUT2D eigenvalue weighted by Gasteiger charge is 2.30. The number of ether oxygens (including phenoxy) is 1. The first kappa shape index (κ1) is 21.6. The molecule has 3 rings (SSSR count).